The van der Waals surface area contributed by atoms with Crippen molar-refractivity contribution in [1.29, 1.82) is 0 Å². The summed E-state index contributed by atoms with van der Waals surface area (Å²) in [6, 6.07) is 11.1. The van der Waals surface area contributed by atoms with Gasteiger partial charge in [0, 0.05) is 23.5 Å². The lowest BCUT2D eigenvalue weighted by Gasteiger charge is -2.36. The molecule has 1 aromatic carbocycles. The van der Waals surface area contributed by atoms with E-state index in [0.29, 0.717) is 5.82 Å². The Hall–Kier alpha value is -1.61. The molecule has 2 aromatic rings. The zero-order chi connectivity index (χ0) is 14.7. The predicted octanol–water partition coefficient (Wildman–Crippen LogP) is 3.97. The van der Waals surface area contributed by atoms with Crippen LogP contribution in [0.2, 0.25) is 0 Å². The molecule has 2 heterocycles. The highest BCUT2D eigenvalue weighted by molar-refractivity contribution is 5.81. The molecule has 0 amide bonds. The number of nitrogens with two attached hydrogens (primary N) is 1. The minimum Gasteiger partial charge on any atom is -0.383 e. The molecule has 3 nitrogen and oxygen atoms in total. The third kappa shape index (κ3) is 3.18. The van der Waals surface area contributed by atoms with E-state index < -0.39 is 0 Å². The van der Waals surface area contributed by atoms with E-state index in [1.807, 2.05) is 12.1 Å². The summed E-state index contributed by atoms with van der Waals surface area (Å²) < 4.78 is 0. The van der Waals surface area contributed by atoms with Crippen molar-refractivity contribution in [2.24, 2.45) is 0 Å². The molecule has 1 aliphatic heterocycles. The van der Waals surface area contributed by atoms with E-state index >= 15 is 0 Å². The maximum Gasteiger partial charge on any atom is 0.128 e. The van der Waals surface area contributed by atoms with Gasteiger partial charge in [0.15, 0.2) is 0 Å². The Kier molecular flexibility index (Phi) is 4.39. The summed E-state index contributed by atoms with van der Waals surface area (Å²) in [4.78, 5) is 7.17. The molecule has 0 saturated carbocycles. The van der Waals surface area contributed by atoms with Crippen molar-refractivity contribution in [2.45, 2.75) is 51.6 Å². The second kappa shape index (κ2) is 6.44. The Morgan fingerprint density at radius 1 is 1.29 bits per heavy atom. The summed E-state index contributed by atoms with van der Waals surface area (Å²) >= 11 is 0. The Bertz CT molecular complexity index is 606. The standard InChI is InChI=1S/C18H25N3/c1-2-7-16-9-5-6-11-21(16)13-15-12-14-8-3-4-10-17(14)20-18(15)19/h3-4,8,10,12,16H,2,5-7,9,11,13H2,1H3,(H2,19,20). The lowest BCUT2D eigenvalue weighted by Crippen LogP contribution is -2.39. The van der Waals surface area contributed by atoms with Crippen LogP contribution in [0.25, 0.3) is 10.9 Å². The summed E-state index contributed by atoms with van der Waals surface area (Å²) in [6.07, 6.45) is 6.55. The highest BCUT2D eigenvalue weighted by Crippen LogP contribution is 2.25. The number of anilines is 1. The molecule has 1 unspecified atom stereocenters. The van der Waals surface area contributed by atoms with E-state index in [1.165, 1.54) is 49.6 Å². The van der Waals surface area contributed by atoms with Crippen molar-refractivity contribution in [1.82, 2.24) is 9.88 Å². The van der Waals surface area contributed by atoms with Crippen LogP contribution in [0.15, 0.2) is 30.3 Å². The van der Waals surface area contributed by atoms with E-state index in [0.717, 1.165) is 18.1 Å². The normalized spacial score (nSPS) is 20.0. The van der Waals surface area contributed by atoms with Crippen LogP contribution in [0.3, 0.4) is 0 Å². The van der Waals surface area contributed by atoms with E-state index in [2.05, 4.69) is 35.0 Å². The number of aromatic nitrogens is 1. The molecule has 1 atom stereocenters. The van der Waals surface area contributed by atoms with Gasteiger partial charge in [0.1, 0.15) is 5.82 Å². The summed E-state index contributed by atoms with van der Waals surface area (Å²) in [5.74, 6) is 0.689. The van der Waals surface area contributed by atoms with Gasteiger partial charge in [0.2, 0.25) is 0 Å². The number of hydrogen-bond donors (Lipinski definition) is 1. The highest BCUT2D eigenvalue weighted by atomic mass is 15.2. The van der Waals surface area contributed by atoms with Crippen LogP contribution in [0.1, 0.15) is 44.6 Å². The molecule has 0 aliphatic carbocycles. The molecule has 1 saturated heterocycles. The summed E-state index contributed by atoms with van der Waals surface area (Å²) in [6.45, 7) is 4.41. The smallest absolute Gasteiger partial charge is 0.128 e. The van der Waals surface area contributed by atoms with Crippen LogP contribution >= 0.6 is 0 Å². The molecule has 3 rings (SSSR count). The van der Waals surface area contributed by atoms with Crippen LogP contribution in [0.5, 0.6) is 0 Å². The Morgan fingerprint density at radius 2 is 2.14 bits per heavy atom. The largest absolute Gasteiger partial charge is 0.383 e. The van der Waals surface area contributed by atoms with E-state index in [4.69, 9.17) is 5.73 Å². The zero-order valence-corrected chi connectivity index (χ0v) is 12.9. The van der Waals surface area contributed by atoms with E-state index in [9.17, 15) is 0 Å². The molecule has 21 heavy (non-hydrogen) atoms. The van der Waals surface area contributed by atoms with Crippen molar-refractivity contribution >= 4 is 16.7 Å². The number of para-hydroxylation sites is 1. The van der Waals surface area contributed by atoms with Crippen molar-refractivity contribution < 1.29 is 0 Å². The first-order valence-electron chi connectivity index (χ1n) is 8.16. The molecule has 0 bridgehead atoms. The highest BCUT2D eigenvalue weighted by Gasteiger charge is 2.22. The minimum atomic E-state index is 0.689. The van der Waals surface area contributed by atoms with Crippen LogP contribution in [0.4, 0.5) is 5.82 Å². The molecule has 0 spiro atoms. The topological polar surface area (TPSA) is 42.2 Å². The number of nitrogens with zero attached hydrogens (tertiary/aromatic N) is 2. The summed E-state index contributed by atoms with van der Waals surface area (Å²) in [7, 11) is 0. The van der Waals surface area contributed by atoms with E-state index in [1.54, 1.807) is 0 Å². The number of pyridine rings is 1. The number of piperidine rings is 1. The minimum absolute atomic E-state index is 0.689. The second-order valence-electron chi connectivity index (χ2n) is 6.13. The number of likely N-dealkylation sites (tertiary alicyclic amines) is 1. The fourth-order valence-electron chi connectivity index (χ4n) is 3.45. The van der Waals surface area contributed by atoms with Crippen LogP contribution < -0.4 is 5.73 Å². The Balaban J connectivity index is 1.84. The number of rotatable bonds is 4. The summed E-state index contributed by atoms with van der Waals surface area (Å²) in [5.41, 5.74) is 8.35. The van der Waals surface area contributed by atoms with Crippen molar-refractivity contribution in [3.8, 4) is 0 Å². The fraction of sp³-hybridized carbons (Fsp3) is 0.500. The molecule has 2 N–H and O–H groups in total. The lowest BCUT2D eigenvalue weighted by molar-refractivity contribution is 0.132. The van der Waals surface area contributed by atoms with Gasteiger partial charge < -0.3 is 5.73 Å². The van der Waals surface area contributed by atoms with Gasteiger partial charge in [-0.2, -0.15) is 0 Å². The number of hydrogen-bond acceptors (Lipinski definition) is 3. The average molecular weight is 283 g/mol. The Labute approximate surface area is 127 Å². The molecule has 3 heteroatoms. The van der Waals surface area contributed by atoms with Gasteiger partial charge >= 0.3 is 0 Å². The number of nitrogen functional groups attached to an aromatic ring is 1. The monoisotopic (exact) mass is 283 g/mol. The lowest BCUT2D eigenvalue weighted by atomic mass is 9.97. The van der Waals surface area contributed by atoms with Gasteiger partial charge in [-0.05, 0) is 37.9 Å². The van der Waals surface area contributed by atoms with Gasteiger partial charge in [-0.25, -0.2) is 4.98 Å². The van der Waals surface area contributed by atoms with Crippen molar-refractivity contribution in [3.63, 3.8) is 0 Å². The van der Waals surface area contributed by atoms with Crippen molar-refractivity contribution in [2.75, 3.05) is 12.3 Å². The van der Waals surface area contributed by atoms with Gasteiger partial charge in [0.25, 0.3) is 0 Å². The maximum absolute atomic E-state index is 6.19. The first-order chi connectivity index (χ1) is 10.3. The van der Waals surface area contributed by atoms with Gasteiger partial charge in [-0.15, -0.1) is 0 Å². The molecule has 0 radical (unpaired) electrons. The van der Waals surface area contributed by atoms with E-state index in [-0.39, 0.29) is 0 Å². The predicted molar refractivity (Wildman–Crippen MR) is 89.1 cm³/mol. The molecule has 112 valence electrons. The van der Waals surface area contributed by atoms with Gasteiger partial charge in [-0.3, -0.25) is 4.90 Å². The summed E-state index contributed by atoms with van der Waals surface area (Å²) in [5, 5.41) is 1.19. The van der Waals surface area contributed by atoms with Crippen LogP contribution in [0, 0.1) is 0 Å². The molecule has 1 aliphatic rings. The van der Waals surface area contributed by atoms with Crippen LogP contribution in [-0.2, 0) is 6.54 Å². The zero-order valence-electron chi connectivity index (χ0n) is 12.9. The Morgan fingerprint density at radius 3 is 3.00 bits per heavy atom. The maximum atomic E-state index is 6.19. The second-order valence-corrected chi connectivity index (χ2v) is 6.13. The quantitative estimate of drug-likeness (QED) is 0.923. The number of benzene rings is 1. The molecule has 1 aromatic heterocycles. The molecular formula is C18H25N3. The van der Waals surface area contributed by atoms with Crippen molar-refractivity contribution in [3.05, 3.63) is 35.9 Å². The fourth-order valence-corrected chi connectivity index (χ4v) is 3.45. The first kappa shape index (κ1) is 14.3. The number of fused-ring (bicyclic) bond motifs is 1. The van der Waals surface area contributed by atoms with Gasteiger partial charge in [-0.1, -0.05) is 38.0 Å². The SMILES string of the molecule is CCCC1CCCCN1Cc1cc2ccccc2nc1N. The third-order valence-electron chi connectivity index (χ3n) is 4.58. The van der Waals surface area contributed by atoms with Gasteiger partial charge in [0.05, 0.1) is 5.52 Å². The third-order valence-corrected chi connectivity index (χ3v) is 4.58. The average Bonchev–Trinajstić information content (AvgIpc) is 2.50. The molecular weight excluding hydrogens is 258 g/mol. The van der Waals surface area contributed by atoms with Crippen LogP contribution in [-0.4, -0.2) is 22.5 Å². The molecule has 1 fully saturated rings. The first-order valence-corrected chi connectivity index (χ1v) is 8.16.